The lowest BCUT2D eigenvalue weighted by atomic mass is 10.0. The predicted octanol–water partition coefficient (Wildman–Crippen LogP) is 6.44. The number of hydrogen-bond donors (Lipinski definition) is 1. The number of nitrogens with zero attached hydrogens (tertiary/aromatic N) is 1. The number of carbonyl (C=O) groups excluding carboxylic acids is 2. The molecule has 0 aliphatic rings. The van der Waals surface area contributed by atoms with Crippen molar-refractivity contribution in [2.75, 3.05) is 5.75 Å². The molecule has 3 aromatic rings. The summed E-state index contributed by atoms with van der Waals surface area (Å²) < 4.78 is 0. The molecule has 6 heteroatoms. The Hall–Kier alpha value is -2.76. The number of aryl methyl sites for hydroxylation is 1. The van der Waals surface area contributed by atoms with E-state index in [9.17, 15) is 9.59 Å². The Bertz CT molecular complexity index is 1140. The molecule has 0 fully saturated rings. The molecule has 3 aromatic carbocycles. The summed E-state index contributed by atoms with van der Waals surface area (Å²) in [6, 6.07) is 25.0. The van der Waals surface area contributed by atoms with Crippen LogP contribution in [0.2, 0.25) is 5.02 Å². The van der Waals surface area contributed by atoms with Crippen LogP contribution >= 0.6 is 23.4 Å². The second kappa shape index (κ2) is 13.0. The molecule has 0 bridgehead atoms. The van der Waals surface area contributed by atoms with E-state index in [4.69, 9.17) is 11.6 Å². The summed E-state index contributed by atoms with van der Waals surface area (Å²) in [6.45, 7) is 8.16. The smallest absolute Gasteiger partial charge is 0.243 e. The molecule has 1 unspecified atom stereocenters. The summed E-state index contributed by atoms with van der Waals surface area (Å²) in [6.07, 6.45) is 0.418. The highest BCUT2D eigenvalue weighted by Gasteiger charge is 2.32. The first-order valence-electron chi connectivity index (χ1n) is 12.1. The molecule has 0 spiro atoms. The van der Waals surface area contributed by atoms with Gasteiger partial charge in [-0.1, -0.05) is 90.0 Å². The van der Waals surface area contributed by atoms with Crippen molar-refractivity contribution in [3.8, 4) is 0 Å². The number of rotatable bonds is 10. The van der Waals surface area contributed by atoms with Crippen LogP contribution in [0.5, 0.6) is 0 Å². The standard InChI is InChI=1S/C30H35ClN2O2S/c1-22-14-16-24(17-15-22)20-36-21-28(34)33(19-25-12-8-9-13-26(25)31)27(29(35)32-30(2,3)4)18-23-10-6-5-7-11-23/h5-17,27H,18-21H2,1-4H3,(H,32,35). The summed E-state index contributed by atoms with van der Waals surface area (Å²) in [7, 11) is 0. The van der Waals surface area contributed by atoms with E-state index in [0.29, 0.717) is 11.4 Å². The molecule has 0 heterocycles. The largest absolute Gasteiger partial charge is 0.350 e. The lowest BCUT2D eigenvalue weighted by molar-refractivity contribution is -0.140. The van der Waals surface area contributed by atoms with Crippen LogP contribution in [-0.2, 0) is 28.3 Å². The Morgan fingerprint density at radius 2 is 1.56 bits per heavy atom. The monoisotopic (exact) mass is 522 g/mol. The van der Waals surface area contributed by atoms with Gasteiger partial charge in [0.05, 0.1) is 5.75 Å². The van der Waals surface area contributed by atoms with Crippen molar-refractivity contribution in [1.29, 1.82) is 0 Å². The van der Waals surface area contributed by atoms with E-state index in [-0.39, 0.29) is 24.1 Å². The van der Waals surface area contributed by atoms with Gasteiger partial charge in [0, 0.05) is 29.3 Å². The molecular formula is C30H35ClN2O2S. The quantitative estimate of drug-likeness (QED) is 0.333. The Morgan fingerprint density at radius 1 is 0.917 bits per heavy atom. The second-order valence-electron chi connectivity index (χ2n) is 10.0. The molecule has 36 heavy (non-hydrogen) atoms. The third-order valence-electron chi connectivity index (χ3n) is 5.68. The zero-order valence-electron chi connectivity index (χ0n) is 21.5. The summed E-state index contributed by atoms with van der Waals surface area (Å²) in [5, 5.41) is 3.67. The first-order chi connectivity index (χ1) is 17.1. The lowest BCUT2D eigenvalue weighted by Gasteiger charge is -2.34. The van der Waals surface area contributed by atoms with E-state index >= 15 is 0 Å². The van der Waals surface area contributed by atoms with E-state index in [1.807, 2.05) is 75.4 Å². The van der Waals surface area contributed by atoms with Gasteiger partial charge in [-0.3, -0.25) is 9.59 Å². The van der Waals surface area contributed by atoms with Gasteiger partial charge < -0.3 is 10.2 Å². The number of thioether (sulfide) groups is 1. The van der Waals surface area contributed by atoms with Crippen LogP contribution in [0.3, 0.4) is 0 Å². The van der Waals surface area contributed by atoms with Gasteiger partial charge >= 0.3 is 0 Å². The number of amides is 2. The van der Waals surface area contributed by atoms with Crippen LogP contribution in [0.4, 0.5) is 0 Å². The van der Waals surface area contributed by atoms with Crippen molar-refractivity contribution >= 4 is 35.2 Å². The molecule has 1 atom stereocenters. The second-order valence-corrected chi connectivity index (χ2v) is 11.4. The number of benzene rings is 3. The third-order valence-corrected chi connectivity index (χ3v) is 7.04. The van der Waals surface area contributed by atoms with Gasteiger partial charge in [0.1, 0.15) is 6.04 Å². The van der Waals surface area contributed by atoms with Crippen LogP contribution in [0, 0.1) is 6.92 Å². The fraction of sp³-hybridized carbons (Fsp3) is 0.333. The molecule has 4 nitrogen and oxygen atoms in total. The van der Waals surface area contributed by atoms with Gasteiger partial charge in [0.15, 0.2) is 0 Å². The number of nitrogens with one attached hydrogen (secondary N) is 1. The van der Waals surface area contributed by atoms with E-state index < -0.39 is 11.6 Å². The average molecular weight is 523 g/mol. The molecule has 0 aromatic heterocycles. The lowest BCUT2D eigenvalue weighted by Crippen LogP contribution is -2.54. The van der Waals surface area contributed by atoms with Gasteiger partial charge in [0.25, 0.3) is 0 Å². The van der Waals surface area contributed by atoms with Crippen molar-refractivity contribution in [2.24, 2.45) is 0 Å². The van der Waals surface area contributed by atoms with Gasteiger partial charge in [0.2, 0.25) is 11.8 Å². The summed E-state index contributed by atoms with van der Waals surface area (Å²) in [5.41, 5.74) is 3.76. The molecule has 2 amide bonds. The van der Waals surface area contributed by atoms with Crippen LogP contribution in [0.25, 0.3) is 0 Å². The first-order valence-corrected chi connectivity index (χ1v) is 13.7. The molecule has 0 saturated carbocycles. The number of hydrogen-bond acceptors (Lipinski definition) is 3. The Kier molecular flexibility index (Phi) is 10.0. The first kappa shape index (κ1) is 27.8. The average Bonchev–Trinajstić information content (AvgIpc) is 2.83. The molecule has 1 N–H and O–H groups in total. The molecule has 0 aliphatic carbocycles. The van der Waals surface area contributed by atoms with Crippen LogP contribution < -0.4 is 5.32 Å². The van der Waals surface area contributed by atoms with Crippen LogP contribution in [-0.4, -0.2) is 34.0 Å². The summed E-state index contributed by atoms with van der Waals surface area (Å²) >= 11 is 8.03. The third kappa shape index (κ3) is 8.72. The van der Waals surface area contributed by atoms with Crippen molar-refractivity contribution < 1.29 is 9.59 Å². The zero-order valence-corrected chi connectivity index (χ0v) is 23.0. The topological polar surface area (TPSA) is 49.4 Å². The molecule has 0 radical (unpaired) electrons. The maximum Gasteiger partial charge on any atom is 0.243 e. The van der Waals surface area contributed by atoms with Crippen LogP contribution in [0.1, 0.15) is 43.0 Å². The van der Waals surface area contributed by atoms with Crippen molar-refractivity contribution in [2.45, 2.75) is 58.0 Å². The fourth-order valence-corrected chi connectivity index (χ4v) is 4.91. The molecule has 3 rings (SSSR count). The van der Waals surface area contributed by atoms with Crippen LogP contribution in [0.15, 0.2) is 78.9 Å². The Morgan fingerprint density at radius 3 is 2.19 bits per heavy atom. The number of halogens is 1. The van der Waals surface area contributed by atoms with Crippen molar-refractivity contribution in [1.82, 2.24) is 10.2 Å². The molecule has 0 saturated heterocycles. The van der Waals surface area contributed by atoms with Crippen molar-refractivity contribution in [3.63, 3.8) is 0 Å². The number of carbonyl (C=O) groups is 2. The highest BCUT2D eigenvalue weighted by molar-refractivity contribution is 7.99. The van der Waals surface area contributed by atoms with E-state index in [2.05, 4.69) is 36.5 Å². The van der Waals surface area contributed by atoms with Gasteiger partial charge in [-0.15, -0.1) is 11.8 Å². The Labute approximate surface area is 224 Å². The minimum absolute atomic E-state index is 0.0861. The van der Waals surface area contributed by atoms with E-state index in [1.165, 1.54) is 11.1 Å². The zero-order chi connectivity index (χ0) is 26.1. The predicted molar refractivity (Wildman–Crippen MR) is 151 cm³/mol. The molecule has 190 valence electrons. The normalized spacial score (nSPS) is 12.1. The van der Waals surface area contributed by atoms with E-state index in [1.54, 1.807) is 16.7 Å². The van der Waals surface area contributed by atoms with Gasteiger partial charge in [-0.2, -0.15) is 0 Å². The van der Waals surface area contributed by atoms with Crippen molar-refractivity contribution in [3.05, 3.63) is 106 Å². The van der Waals surface area contributed by atoms with Gasteiger partial charge in [-0.25, -0.2) is 0 Å². The highest BCUT2D eigenvalue weighted by atomic mass is 35.5. The highest BCUT2D eigenvalue weighted by Crippen LogP contribution is 2.22. The minimum Gasteiger partial charge on any atom is -0.350 e. The Balaban J connectivity index is 1.87. The van der Waals surface area contributed by atoms with Gasteiger partial charge in [-0.05, 0) is 50.5 Å². The maximum absolute atomic E-state index is 13.7. The molecule has 0 aliphatic heterocycles. The fourth-order valence-electron chi connectivity index (χ4n) is 3.84. The molecular weight excluding hydrogens is 488 g/mol. The summed E-state index contributed by atoms with van der Waals surface area (Å²) in [5.74, 6) is 0.739. The summed E-state index contributed by atoms with van der Waals surface area (Å²) in [4.78, 5) is 28.9. The van der Waals surface area contributed by atoms with E-state index in [0.717, 1.165) is 16.9 Å². The maximum atomic E-state index is 13.7. The SMILES string of the molecule is Cc1ccc(CSCC(=O)N(Cc2ccccc2Cl)C(Cc2ccccc2)C(=O)NC(C)(C)C)cc1. The minimum atomic E-state index is -0.671.